The molecule has 1 fully saturated rings. The molecule has 3 heterocycles. The van der Waals surface area contributed by atoms with Crippen molar-refractivity contribution >= 4 is 23.4 Å². The van der Waals surface area contributed by atoms with E-state index >= 15 is 0 Å². The van der Waals surface area contributed by atoms with Gasteiger partial charge in [0.2, 0.25) is 11.8 Å². The monoisotopic (exact) mass is 370 g/mol. The zero-order valence-electron chi connectivity index (χ0n) is 14.6. The molecule has 2 aliphatic heterocycles. The van der Waals surface area contributed by atoms with E-state index in [1.54, 1.807) is 28.1 Å². The standard InChI is InChI=1S/C19H19FN4O3/c20-12-3-4-15-13(10-12)14(11-17(25)22-15)18(26)23-6-8-24(9-7-23)19(27)16-2-1-5-21-16/h1-5,10,14,21H,6-9,11H2,(H,22,25)/t14-/m1/s1. The van der Waals surface area contributed by atoms with Gasteiger partial charge < -0.3 is 20.1 Å². The number of fused-ring (bicyclic) bond motifs is 1. The van der Waals surface area contributed by atoms with Crippen LogP contribution in [0.25, 0.3) is 0 Å². The molecule has 0 saturated carbocycles. The van der Waals surface area contributed by atoms with Crippen molar-refractivity contribution < 1.29 is 18.8 Å². The van der Waals surface area contributed by atoms with Crippen molar-refractivity contribution in [1.29, 1.82) is 0 Å². The molecule has 0 aliphatic carbocycles. The van der Waals surface area contributed by atoms with Gasteiger partial charge in [0.15, 0.2) is 0 Å². The van der Waals surface area contributed by atoms with Gasteiger partial charge in [-0.05, 0) is 35.9 Å². The number of anilines is 1. The predicted octanol–water partition coefficient (Wildman–Crippen LogP) is 1.56. The average molecular weight is 370 g/mol. The first-order valence-electron chi connectivity index (χ1n) is 8.83. The highest BCUT2D eigenvalue weighted by molar-refractivity contribution is 6.01. The number of carbonyl (C=O) groups is 3. The molecule has 1 atom stereocenters. The maximum atomic E-state index is 13.7. The van der Waals surface area contributed by atoms with Gasteiger partial charge in [0, 0.05) is 44.5 Å². The van der Waals surface area contributed by atoms with E-state index in [9.17, 15) is 18.8 Å². The minimum Gasteiger partial charge on any atom is -0.357 e. The molecule has 1 saturated heterocycles. The van der Waals surface area contributed by atoms with Gasteiger partial charge in [-0.25, -0.2) is 4.39 Å². The number of rotatable bonds is 2. The summed E-state index contributed by atoms with van der Waals surface area (Å²) in [6.45, 7) is 1.60. The molecule has 2 aromatic rings. The van der Waals surface area contributed by atoms with Crippen LogP contribution in [0.2, 0.25) is 0 Å². The first-order chi connectivity index (χ1) is 13.0. The Bertz CT molecular complexity index is 888. The first-order valence-corrected chi connectivity index (χ1v) is 8.83. The number of aromatic nitrogens is 1. The minimum absolute atomic E-state index is 0.00307. The smallest absolute Gasteiger partial charge is 0.270 e. The maximum Gasteiger partial charge on any atom is 0.270 e. The molecule has 7 nitrogen and oxygen atoms in total. The molecule has 4 rings (SSSR count). The number of amides is 3. The Morgan fingerprint density at radius 2 is 1.81 bits per heavy atom. The first kappa shape index (κ1) is 17.3. The second-order valence-corrected chi connectivity index (χ2v) is 6.74. The molecule has 0 unspecified atom stereocenters. The Balaban J connectivity index is 1.46. The van der Waals surface area contributed by atoms with Crippen LogP contribution in [-0.2, 0) is 9.59 Å². The van der Waals surface area contributed by atoms with Crippen molar-refractivity contribution in [3.63, 3.8) is 0 Å². The summed E-state index contributed by atoms with van der Waals surface area (Å²) in [6, 6.07) is 7.53. The van der Waals surface area contributed by atoms with E-state index in [0.717, 1.165) is 0 Å². The van der Waals surface area contributed by atoms with Gasteiger partial charge in [-0.3, -0.25) is 14.4 Å². The van der Waals surface area contributed by atoms with Crippen LogP contribution in [-0.4, -0.2) is 58.7 Å². The van der Waals surface area contributed by atoms with E-state index in [4.69, 9.17) is 0 Å². The molecular weight excluding hydrogens is 351 g/mol. The van der Waals surface area contributed by atoms with Gasteiger partial charge in [-0.2, -0.15) is 0 Å². The largest absolute Gasteiger partial charge is 0.357 e. The summed E-state index contributed by atoms with van der Waals surface area (Å²) >= 11 is 0. The van der Waals surface area contributed by atoms with Gasteiger partial charge >= 0.3 is 0 Å². The number of piperazine rings is 1. The Morgan fingerprint density at radius 3 is 2.52 bits per heavy atom. The number of H-pyrrole nitrogens is 1. The highest BCUT2D eigenvalue weighted by Gasteiger charge is 2.35. The van der Waals surface area contributed by atoms with E-state index in [1.807, 2.05) is 0 Å². The average Bonchev–Trinajstić information content (AvgIpc) is 3.21. The van der Waals surface area contributed by atoms with E-state index in [2.05, 4.69) is 10.3 Å². The molecule has 1 aromatic heterocycles. The second kappa shape index (κ2) is 6.86. The highest BCUT2D eigenvalue weighted by atomic mass is 19.1. The fraction of sp³-hybridized carbons (Fsp3) is 0.316. The molecule has 140 valence electrons. The molecule has 2 N–H and O–H groups in total. The summed E-state index contributed by atoms with van der Waals surface area (Å²) in [5.74, 6) is -1.70. The van der Waals surface area contributed by atoms with Crippen LogP contribution in [0.3, 0.4) is 0 Å². The third kappa shape index (κ3) is 3.30. The lowest BCUT2D eigenvalue weighted by molar-refractivity contribution is -0.136. The lowest BCUT2D eigenvalue weighted by Crippen LogP contribution is -2.52. The zero-order valence-corrected chi connectivity index (χ0v) is 14.6. The fourth-order valence-corrected chi connectivity index (χ4v) is 3.64. The molecule has 3 amide bonds. The molecule has 2 aliphatic rings. The lowest BCUT2D eigenvalue weighted by atomic mass is 9.89. The summed E-state index contributed by atoms with van der Waals surface area (Å²) < 4.78 is 13.7. The maximum absolute atomic E-state index is 13.7. The number of benzene rings is 1. The minimum atomic E-state index is -0.699. The molecule has 1 aromatic carbocycles. The van der Waals surface area contributed by atoms with Gasteiger partial charge in [0.05, 0.1) is 5.92 Å². The Morgan fingerprint density at radius 1 is 1.07 bits per heavy atom. The van der Waals surface area contributed by atoms with Gasteiger partial charge in [0.1, 0.15) is 11.5 Å². The molecule has 0 radical (unpaired) electrons. The van der Waals surface area contributed by atoms with Crippen LogP contribution in [0.5, 0.6) is 0 Å². The molecule has 8 heteroatoms. The van der Waals surface area contributed by atoms with Crippen molar-refractivity contribution in [3.05, 3.63) is 53.6 Å². The van der Waals surface area contributed by atoms with E-state index in [1.165, 1.54) is 18.2 Å². The third-order valence-corrected chi connectivity index (χ3v) is 5.06. The number of nitrogens with one attached hydrogen (secondary N) is 2. The Kier molecular flexibility index (Phi) is 4.39. The summed E-state index contributed by atoms with van der Waals surface area (Å²) in [6.07, 6.45) is 1.69. The van der Waals surface area contributed by atoms with Crippen LogP contribution in [0, 0.1) is 5.82 Å². The number of halogens is 1. The molecular formula is C19H19FN4O3. The molecule has 0 spiro atoms. The molecule has 0 bridgehead atoms. The number of hydrogen-bond donors (Lipinski definition) is 2. The van der Waals surface area contributed by atoms with Crippen molar-refractivity contribution in [2.24, 2.45) is 0 Å². The fourth-order valence-electron chi connectivity index (χ4n) is 3.64. The number of aromatic amines is 1. The number of nitrogens with zero attached hydrogens (tertiary/aromatic N) is 2. The number of carbonyl (C=O) groups excluding carboxylic acids is 3. The number of hydrogen-bond acceptors (Lipinski definition) is 3. The molecule has 27 heavy (non-hydrogen) atoms. The van der Waals surface area contributed by atoms with Crippen molar-refractivity contribution in [3.8, 4) is 0 Å². The van der Waals surface area contributed by atoms with Gasteiger partial charge in [-0.1, -0.05) is 0 Å². The topological polar surface area (TPSA) is 85.5 Å². The third-order valence-electron chi connectivity index (χ3n) is 5.06. The lowest BCUT2D eigenvalue weighted by Gasteiger charge is -2.37. The van der Waals surface area contributed by atoms with Crippen LogP contribution in [0.1, 0.15) is 28.4 Å². The Hall–Kier alpha value is -3.16. The van der Waals surface area contributed by atoms with Crippen LogP contribution in [0.4, 0.5) is 10.1 Å². The van der Waals surface area contributed by atoms with Crippen molar-refractivity contribution in [2.75, 3.05) is 31.5 Å². The van der Waals surface area contributed by atoms with Crippen LogP contribution < -0.4 is 5.32 Å². The van der Waals surface area contributed by atoms with Gasteiger partial charge in [-0.15, -0.1) is 0 Å². The summed E-state index contributed by atoms with van der Waals surface area (Å²) in [5.41, 5.74) is 1.50. The van der Waals surface area contributed by atoms with E-state index in [-0.39, 0.29) is 24.1 Å². The zero-order chi connectivity index (χ0) is 19.0. The Labute approximate surface area is 155 Å². The normalized spacial score (nSPS) is 19.4. The van der Waals surface area contributed by atoms with E-state index < -0.39 is 11.7 Å². The summed E-state index contributed by atoms with van der Waals surface area (Å²) in [4.78, 5) is 43.6. The van der Waals surface area contributed by atoms with E-state index in [0.29, 0.717) is 43.1 Å². The van der Waals surface area contributed by atoms with Crippen LogP contribution >= 0.6 is 0 Å². The second-order valence-electron chi connectivity index (χ2n) is 6.74. The van der Waals surface area contributed by atoms with Gasteiger partial charge in [0.25, 0.3) is 5.91 Å². The quantitative estimate of drug-likeness (QED) is 0.841. The highest BCUT2D eigenvalue weighted by Crippen LogP contribution is 2.34. The van der Waals surface area contributed by atoms with Crippen molar-refractivity contribution in [2.45, 2.75) is 12.3 Å². The summed E-state index contributed by atoms with van der Waals surface area (Å²) in [7, 11) is 0. The van der Waals surface area contributed by atoms with Crippen LogP contribution in [0.15, 0.2) is 36.5 Å². The summed E-state index contributed by atoms with van der Waals surface area (Å²) in [5, 5.41) is 2.68. The predicted molar refractivity (Wildman–Crippen MR) is 95.7 cm³/mol. The van der Waals surface area contributed by atoms with Crippen molar-refractivity contribution in [1.82, 2.24) is 14.8 Å². The SMILES string of the molecule is O=C1C[C@@H](C(=O)N2CCN(C(=O)c3ccc[nH]3)CC2)c2cc(F)ccc2N1.